The van der Waals surface area contributed by atoms with Gasteiger partial charge in [-0.1, -0.05) is 344 Å². The first-order chi connectivity index (χ1) is 40.5. The fraction of sp³-hybridized carbons (Fsp3) is 0.803. The predicted molar refractivity (Wildman–Crippen MR) is 358 cm³/mol. The summed E-state index contributed by atoms with van der Waals surface area (Å²) in [6, 6.07) is 0. The summed E-state index contributed by atoms with van der Waals surface area (Å²) in [5.41, 5.74) is 0. The highest BCUT2D eigenvalue weighted by Crippen LogP contribution is 2.18. The van der Waals surface area contributed by atoms with Gasteiger partial charge >= 0.3 is 17.9 Å². The second-order valence-corrected chi connectivity index (χ2v) is 24.1. The Hall–Kier alpha value is -3.15. The van der Waals surface area contributed by atoms with Crippen LogP contribution in [0.15, 0.2) is 72.9 Å². The standard InChI is InChI=1S/C76H136O6/c1-4-7-10-13-16-19-22-25-28-30-32-33-34-35-36-37-38-39-40-41-42-43-45-46-48-51-54-57-60-63-66-69-75(78)81-72-73(71-80-74(77)68-65-62-59-56-53-50-27-24-21-18-15-12-9-6-3)82-76(79)70-67-64-61-58-55-52-49-47-44-31-29-26-23-20-17-14-11-8-5-2/h8,11,15,17-18,20,24,26-27,29,44,47,73H,4-7,9-10,12-14,16,19,21-23,25,28,30-43,45-46,48-72H2,1-3H3/b11-8-,18-15-,20-17-,27-24-,29-26-,47-44-. The molecule has 0 aliphatic rings. The van der Waals surface area contributed by atoms with E-state index in [-0.39, 0.29) is 31.1 Å². The van der Waals surface area contributed by atoms with Crippen LogP contribution in [0.2, 0.25) is 0 Å². The Balaban J connectivity index is 4.20. The van der Waals surface area contributed by atoms with Crippen molar-refractivity contribution in [3.63, 3.8) is 0 Å². The Bertz CT molecular complexity index is 1500. The topological polar surface area (TPSA) is 78.9 Å². The van der Waals surface area contributed by atoms with Crippen LogP contribution in [0.1, 0.15) is 374 Å². The number of carbonyl (C=O) groups excluding carboxylic acids is 3. The third kappa shape index (κ3) is 67.6. The average molecular weight is 1150 g/mol. The summed E-state index contributed by atoms with van der Waals surface area (Å²) in [7, 11) is 0. The molecule has 0 spiro atoms. The van der Waals surface area contributed by atoms with Crippen LogP contribution in [0.3, 0.4) is 0 Å². The van der Waals surface area contributed by atoms with Crippen LogP contribution in [0.25, 0.3) is 0 Å². The summed E-state index contributed by atoms with van der Waals surface area (Å²) >= 11 is 0. The Kier molecular flexibility index (Phi) is 67.6. The van der Waals surface area contributed by atoms with Crippen molar-refractivity contribution in [1.29, 1.82) is 0 Å². The van der Waals surface area contributed by atoms with Crippen molar-refractivity contribution in [2.45, 2.75) is 380 Å². The van der Waals surface area contributed by atoms with Crippen LogP contribution in [0.5, 0.6) is 0 Å². The van der Waals surface area contributed by atoms with Crippen LogP contribution in [-0.4, -0.2) is 37.2 Å². The monoisotopic (exact) mass is 1150 g/mol. The van der Waals surface area contributed by atoms with Crippen LogP contribution in [0.4, 0.5) is 0 Å². The van der Waals surface area contributed by atoms with E-state index in [1.54, 1.807) is 0 Å². The number of carbonyl (C=O) groups is 3. The molecule has 0 aliphatic carbocycles. The van der Waals surface area contributed by atoms with Gasteiger partial charge in [0.1, 0.15) is 13.2 Å². The zero-order chi connectivity index (χ0) is 59.2. The highest BCUT2D eigenvalue weighted by Gasteiger charge is 2.19. The van der Waals surface area contributed by atoms with Crippen molar-refractivity contribution < 1.29 is 28.6 Å². The molecule has 6 nitrogen and oxygen atoms in total. The maximum atomic E-state index is 12.9. The lowest BCUT2D eigenvalue weighted by molar-refractivity contribution is -0.167. The molecule has 0 saturated carbocycles. The molecule has 0 amide bonds. The summed E-state index contributed by atoms with van der Waals surface area (Å²) in [4.78, 5) is 38.4. The first-order valence-corrected chi connectivity index (χ1v) is 35.9. The molecule has 0 aliphatic heterocycles. The van der Waals surface area contributed by atoms with Crippen molar-refractivity contribution >= 4 is 17.9 Å². The lowest BCUT2D eigenvalue weighted by atomic mass is 10.0. The number of hydrogen-bond donors (Lipinski definition) is 0. The van der Waals surface area contributed by atoms with E-state index in [0.717, 1.165) is 116 Å². The zero-order valence-corrected chi connectivity index (χ0v) is 54.8. The smallest absolute Gasteiger partial charge is 0.306 e. The lowest BCUT2D eigenvalue weighted by Crippen LogP contribution is -2.30. The average Bonchev–Trinajstić information content (AvgIpc) is 3.47. The minimum Gasteiger partial charge on any atom is -0.462 e. The predicted octanol–water partition coefficient (Wildman–Crippen LogP) is 24.8. The molecule has 0 fully saturated rings. The van der Waals surface area contributed by atoms with Gasteiger partial charge in [-0.25, -0.2) is 0 Å². The van der Waals surface area contributed by atoms with Crippen molar-refractivity contribution in [1.82, 2.24) is 0 Å². The van der Waals surface area contributed by atoms with Gasteiger partial charge in [0.2, 0.25) is 0 Å². The minimum absolute atomic E-state index is 0.0830. The first-order valence-electron chi connectivity index (χ1n) is 35.9. The van der Waals surface area contributed by atoms with Gasteiger partial charge in [0, 0.05) is 19.3 Å². The van der Waals surface area contributed by atoms with Crippen molar-refractivity contribution in [2.75, 3.05) is 13.2 Å². The quantitative estimate of drug-likeness (QED) is 0.0261. The molecule has 0 rings (SSSR count). The molecule has 0 saturated heterocycles. The van der Waals surface area contributed by atoms with Gasteiger partial charge in [0.25, 0.3) is 0 Å². The maximum absolute atomic E-state index is 12.9. The number of unbranched alkanes of at least 4 members (excludes halogenated alkanes) is 43. The fourth-order valence-electron chi connectivity index (χ4n) is 10.6. The molecule has 0 heterocycles. The van der Waals surface area contributed by atoms with Gasteiger partial charge in [0.05, 0.1) is 0 Å². The van der Waals surface area contributed by atoms with E-state index < -0.39 is 6.10 Å². The molecule has 1 atom stereocenters. The molecular weight excluding hydrogens is 1010 g/mol. The number of allylic oxidation sites excluding steroid dienone is 12. The molecule has 0 aromatic heterocycles. The third-order valence-electron chi connectivity index (χ3n) is 15.9. The Morgan fingerprint density at radius 3 is 0.780 bits per heavy atom. The second kappa shape index (κ2) is 70.3. The van der Waals surface area contributed by atoms with Gasteiger partial charge in [-0.2, -0.15) is 0 Å². The van der Waals surface area contributed by atoms with Gasteiger partial charge in [-0.05, 0) is 83.5 Å². The second-order valence-electron chi connectivity index (χ2n) is 24.1. The lowest BCUT2D eigenvalue weighted by Gasteiger charge is -2.18. The normalized spacial score (nSPS) is 12.5. The summed E-state index contributed by atoms with van der Waals surface area (Å²) < 4.78 is 17.0. The molecular formula is C76H136O6. The molecule has 476 valence electrons. The summed E-state index contributed by atoms with van der Waals surface area (Å²) in [5, 5.41) is 0. The fourth-order valence-corrected chi connectivity index (χ4v) is 10.6. The highest BCUT2D eigenvalue weighted by molar-refractivity contribution is 5.71. The Morgan fingerprint density at radius 1 is 0.256 bits per heavy atom. The van der Waals surface area contributed by atoms with E-state index in [2.05, 4.69) is 93.7 Å². The number of esters is 3. The molecule has 0 aromatic carbocycles. The van der Waals surface area contributed by atoms with Crippen LogP contribution < -0.4 is 0 Å². The van der Waals surface area contributed by atoms with E-state index in [9.17, 15) is 14.4 Å². The Labute approximate surface area is 510 Å². The molecule has 82 heavy (non-hydrogen) atoms. The van der Waals surface area contributed by atoms with Crippen molar-refractivity contribution in [3.05, 3.63) is 72.9 Å². The van der Waals surface area contributed by atoms with Gasteiger partial charge in [-0.3, -0.25) is 14.4 Å². The van der Waals surface area contributed by atoms with Crippen LogP contribution >= 0.6 is 0 Å². The summed E-state index contributed by atoms with van der Waals surface area (Å²) in [5.74, 6) is -0.893. The van der Waals surface area contributed by atoms with Crippen molar-refractivity contribution in [3.8, 4) is 0 Å². The van der Waals surface area contributed by atoms with E-state index in [1.807, 2.05) is 0 Å². The first kappa shape index (κ1) is 78.8. The SMILES string of the molecule is CC/C=C\C/C=C\C/C=C\C/C=C\CCCCCCCCC(=O)OC(COC(=O)CCCCCCC/C=C\C/C=C\CCCC)COC(=O)CCCCCCCCCCCCCCCCCCCCCCCCCCCCCCCCC. The van der Waals surface area contributed by atoms with Gasteiger partial charge in [0.15, 0.2) is 6.10 Å². The zero-order valence-electron chi connectivity index (χ0n) is 54.8. The largest absolute Gasteiger partial charge is 0.462 e. The maximum Gasteiger partial charge on any atom is 0.306 e. The molecule has 0 aromatic rings. The van der Waals surface area contributed by atoms with E-state index in [4.69, 9.17) is 14.2 Å². The number of rotatable bonds is 66. The van der Waals surface area contributed by atoms with E-state index >= 15 is 0 Å². The van der Waals surface area contributed by atoms with Crippen LogP contribution in [-0.2, 0) is 28.6 Å². The van der Waals surface area contributed by atoms with Crippen LogP contribution in [0, 0.1) is 0 Å². The summed E-state index contributed by atoms with van der Waals surface area (Å²) in [6.07, 6.45) is 92.3. The number of hydrogen-bond acceptors (Lipinski definition) is 6. The highest BCUT2D eigenvalue weighted by atomic mass is 16.6. The summed E-state index contributed by atoms with van der Waals surface area (Å²) in [6.45, 7) is 6.52. The third-order valence-corrected chi connectivity index (χ3v) is 15.9. The molecule has 6 heteroatoms. The Morgan fingerprint density at radius 2 is 0.488 bits per heavy atom. The van der Waals surface area contributed by atoms with Crippen molar-refractivity contribution in [2.24, 2.45) is 0 Å². The number of ether oxygens (including phenoxy) is 3. The van der Waals surface area contributed by atoms with Gasteiger partial charge in [-0.15, -0.1) is 0 Å². The van der Waals surface area contributed by atoms with E-state index in [0.29, 0.717) is 19.3 Å². The van der Waals surface area contributed by atoms with E-state index in [1.165, 1.54) is 218 Å². The minimum atomic E-state index is -0.790. The molecule has 0 bridgehead atoms. The van der Waals surface area contributed by atoms with Gasteiger partial charge < -0.3 is 14.2 Å². The molecule has 0 radical (unpaired) electrons. The molecule has 1 unspecified atom stereocenters. The molecule has 0 N–H and O–H groups in total.